The minimum atomic E-state index is 0. The summed E-state index contributed by atoms with van der Waals surface area (Å²) < 4.78 is 0. The number of benzene rings is 1. The van der Waals surface area contributed by atoms with Crippen molar-refractivity contribution in [1.29, 1.82) is 0 Å². The molecule has 0 aliphatic carbocycles. The third-order valence-electron chi connectivity index (χ3n) is 2.90. The summed E-state index contributed by atoms with van der Waals surface area (Å²) in [5.74, 6) is 0.603. The molecule has 0 fully saturated rings. The molecule has 0 spiro atoms. The van der Waals surface area contributed by atoms with E-state index in [1.54, 1.807) is 0 Å². The zero-order chi connectivity index (χ0) is 11.3. The first-order chi connectivity index (χ1) is 7.15. The zero-order valence-corrected chi connectivity index (χ0v) is 11.4. The van der Waals surface area contributed by atoms with Crippen LogP contribution in [0.2, 0.25) is 0 Å². The van der Waals surface area contributed by atoms with E-state index in [0.29, 0.717) is 5.92 Å². The topological polar surface area (TPSA) is 26.0 Å². The first-order valence-corrected chi connectivity index (χ1v) is 6.00. The van der Waals surface area contributed by atoms with E-state index in [1.807, 2.05) is 0 Å². The van der Waals surface area contributed by atoms with Crippen molar-refractivity contribution in [1.82, 2.24) is 0 Å². The van der Waals surface area contributed by atoms with Gasteiger partial charge in [-0.1, -0.05) is 57.9 Å². The van der Waals surface area contributed by atoms with Crippen LogP contribution in [-0.4, -0.2) is 0 Å². The molecule has 1 aromatic carbocycles. The second-order valence-electron chi connectivity index (χ2n) is 4.57. The van der Waals surface area contributed by atoms with Gasteiger partial charge in [-0.3, -0.25) is 0 Å². The fourth-order valence-electron chi connectivity index (χ4n) is 1.72. The van der Waals surface area contributed by atoms with Crippen LogP contribution >= 0.6 is 12.4 Å². The summed E-state index contributed by atoms with van der Waals surface area (Å²) in [5.41, 5.74) is 8.77. The Morgan fingerprint density at radius 1 is 1.06 bits per heavy atom. The predicted molar refractivity (Wildman–Crippen MR) is 74.2 cm³/mol. The van der Waals surface area contributed by atoms with Gasteiger partial charge in [0.05, 0.1) is 0 Å². The van der Waals surface area contributed by atoms with Crippen LogP contribution < -0.4 is 5.73 Å². The van der Waals surface area contributed by atoms with Gasteiger partial charge in [-0.15, -0.1) is 12.4 Å². The van der Waals surface area contributed by atoms with Gasteiger partial charge in [0.1, 0.15) is 0 Å². The fraction of sp³-hybridized carbons (Fsp3) is 0.571. The minimum absolute atomic E-state index is 0. The van der Waals surface area contributed by atoms with Gasteiger partial charge in [0.15, 0.2) is 0 Å². The molecule has 0 saturated heterocycles. The van der Waals surface area contributed by atoms with Crippen molar-refractivity contribution >= 4 is 12.4 Å². The normalized spacial score (nSPS) is 12.3. The molecule has 0 saturated carbocycles. The summed E-state index contributed by atoms with van der Waals surface area (Å²) in [6, 6.07) is 8.97. The SMILES string of the molecule is CCCC[C@@H](N)c1ccc(C(C)C)cc1.Cl. The predicted octanol–water partition coefficient (Wildman–Crippen LogP) is 4.42. The Morgan fingerprint density at radius 3 is 2.00 bits per heavy atom. The standard InChI is InChI=1S/C14H23N.ClH/c1-4-5-6-14(15)13-9-7-12(8-10-13)11(2)3;/h7-11,14H,4-6,15H2,1-3H3;1H/t14-;/m1./s1. The highest BCUT2D eigenvalue weighted by Gasteiger charge is 2.05. The van der Waals surface area contributed by atoms with E-state index in [0.717, 1.165) is 6.42 Å². The van der Waals surface area contributed by atoms with Crippen LogP contribution in [0.15, 0.2) is 24.3 Å². The van der Waals surface area contributed by atoms with Crippen LogP contribution in [0, 0.1) is 0 Å². The summed E-state index contributed by atoms with van der Waals surface area (Å²) in [7, 11) is 0. The summed E-state index contributed by atoms with van der Waals surface area (Å²) in [5, 5.41) is 0. The molecule has 0 aromatic heterocycles. The lowest BCUT2D eigenvalue weighted by molar-refractivity contribution is 0.603. The number of hydrogen-bond acceptors (Lipinski definition) is 1. The van der Waals surface area contributed by atoms with E-state index in [4.69, 9.17) is 5.73 Å². The third kappa shape index (κ3) is 4.54. The van der Waals surface area contributed by atoms with Gasteiger partial charge >= 0.3 is 0 Å². The van der Waals surface area contributed by atoms with Gasteiger partial charge in [0.25, 0.3) is 0 Å². The number of halogens is 1. The first-order valence-electron chi connectivity index (χ1n) is 6.00. The van der Waals surface area contributed by atoms with Crippen LogP contribution in [0.1, 0.15) is 63.1 Å². The Labute approximate surface area is 106 Å². The molecule has 1 nitrogen and oxygen atoms in total. The van der Waals surface area contributed by atoms with Gasteiger partial charge < -0.3 is 5.73 Å². The highest BCUT2D eigenvalue weighted by molar-refractivity contribution is 5.85. The Kier molecular flexibility index (Phi) is 7.44. The summed E-state index contributed by atoms with van der Waals surface area (Å²) >= 11 is 0. The molecule has 16 heavy (non-hydrogen) atoms. The molecule has 0 aliphatic heterocycles. The Balaban J connectivity index is 0.00000225. The van der Waals surface area contributed by atoms with E-state index >= 15 is 0 Å². The molecule has 0 amide bonds. The molecule has 0 heterocycles. The molecule has 92 valence electrons. The van der Waals surface area contributed by atoms with Gasteiger partial charge in [0.2, 0.25) is 0 Å². The monoisotopic (exact) mass is 241 g/mol. The quantitative estimate of drug-likeness (QED) is 0.811. The Morgan fingerprint density at radius 2 is 1.56 bits per heavy atom. The lowest BCUT2D eigenvalue weighted by Gasteiger charge is -2.13. The van der Waals surface area contributed by atoms with Crippen molar-refractivity contribution in [3.63, 3.8) is 0 Å². The van der Waals surface area contributed by atoms with Crippen molar-refractivity contribution in [2.75, 3.05) is 0 Å². The summed E-state index contributed by atoms with van der Waals surface area (Å²) in [4.78, 5) is 0. The Hall–Kier alpha value is -0.530. The van der Waals surface area contributed by atoms with Crippen LogP contribution in [0.5, 0.6) is 0 Å². The van der Waals surface area contributed by atoms with Gasteiger partial charge in [-0.2, -0.15) is 0 Å². The molecule has 0 radical (unpaired) electrons. The Bertz CT molecular complexity index is 279. The van der Waals surface area contributed by atoms with E-state index in [-0.39, 0.29) is 18.4 Å². The molecule has 1 aromatic rings. The maximum atomic E-state index is 6.11. The lowest BCUT2D eigenvalue weighted by Crippen LogP contribution is -2.09. The molecule has 1 rings (SSSR count). The second-order valence-corrected chi connectivity index (χ2v) is 4.57. The molecule has 2 heteroatoms. The fourth-order valence-corrected chi connectivity index (χ4v) is 1.72. The van der Waals surface area contributed by atoms with E-state index in [9.17, 15) is 0 Å². The van der Waals surface area contributed by atoms with Crippen LogP contribution in [0.25, 0.3) is 0 Å². The van der Waals surface area contributed by atoms with E-state index < -0.39 is 0 Å². The molecular weight excluding hydrogens is 218 g/mol. The summed E-state index contributed by atoms with van der Waals surface area (Å²) in [6.07, 6.45) is 3.53. The second kappa shape index (κ2) is 7.70. The van der Waals surface area contributed by atoms with Crippen molar-refractivity contribution in [3.8, 4) is 0 Å². The molecule has 2 N–H and O–H groups in total. The smallest absolute Gasteiger partial charge is 0.0294 e. The van der Waals surface area contributed by atoms with Crippen molar-refractivity contribution in [2.45, 2.75) is 52.0 Å². The molecule has 1 atom stereocenters. The average Bonchev–Trinajstić information content (AvgIpc) is 2.26. The van der Waals surface area contributed by atoms with Crippen LogP contribution in [0.3, 0.4) is 0 Å². The van der Waals surface area contributed by atoms with Gasteiger partial charge in [-0.25, -0.2) is 0 Å². The highest BCUT2D eigenvalue weighted by atomic mass is 35.5. The number of rotatable bonds is 5. The zero-order valence-electron chi connectivity index (χ0n) is 10.6. The van der Waals surface area contributed by atoms with Crippen molar-refractivity contribution < 1.29 is 0 Å². The largest absolute Gasteiger partial charge is 0.324 e. The lowest BCUT2D eigenvalue weighted by atomic mass is 9.97. The third-order valence-corrected chi connectivity index (χ3v) is 2.90. The van der Waals surface area contributed by atoms with E-state index in [2.05, 4.69) is 45.0 Å². The molecule has 0 bridgehead atoms. The van der Waals surface area contributed by atoms with Crippen LogP contribution in [0.4, 0.5) is 0 Å². The maximum absolute atomic E-state index is 6.11. The van der Waals surface area contributed by atoms with Crippen LogP contribution in [-0.2, 0) is 0 Å². The first kappa shape index (κ1) is 15.5. The minimum Gasteiger partial charge on any atom is -0.324 e. The molecule has 0 unspecified atom stereocenters. The summed E-state index contributed by atoms with van der Waals surface area (Å²) in [6.45, 7) is 6.63. The number of hydrogen-bond donors (Lipinski definition) is 1. The average molecular weight is 242 g/mol. The van der Waals surface area contributed by atoms with E-state index in [1.165, 1.54) is 24.0 Å². The molecular formula is C14H24ClN. The highest BCUT2D eigenvalue weighted by Crippen LogP contribution is 2.20. The molecule has 0 aliphatic rings. The van der Waals surface area contributed by atoms with Crippen molar-refractivity contribution in [3.05, 3.63) is 35.4 Å². The maximum Gasteiger partial charge on any atom is 0.0294 e. The van der Waals surface area contributed by atoms with Crippen molar-refractivity contribution in [2.24, 2.45) is 5.73 Å². The van der Waals surface area contributed by atoms with Gasteiger partial charge in [-0.05, 0) is 23.5 Å². The number of nitrogens with two attached hydrogens (primary N) is 1. The van der Waals surface area contributed by atoms with Gasteiger partial charge in [0, 0.05) is 6.04 Å². The number of unbranched alkanes of at least 4 members (excludes halogenated alkanes) is 1.